The summed E-state index contributed by atoms with van der Waals surface area (Å²) < 4.78 is 1.55. The van der Waals surface area contributed by atoms with Gasteiger partial charge in [0.2, 0.25) is 5.91 Å². The van der Waals surface area contributed by atoms with Crippen molar-refractivity contribution in [3.05, 3.63) is 63.4 Å². The quantitative estimate of drug-likeness (QED) is 0.519. The van der Waals surface area contributed by atoms with E-state index in [-0.39, 0.29) is 11.5 Å². The fourth-order valence-corrected chi connectivity index (χ4v) is 3.79. The number of benzene rings is 2. The number of nitrogens with one attached hydrogen (secondary N) is 1. The van der Waals surface area contributed by atoms with Gasteiger partial charge in [-0.2, -0.15) is 0 Å². The predicted octanol–water partition coefficient (Wildman–Crippen LogP) is 3.96. The normalized spacial score (nSPS) is 12.1. The summed E-state index contributed by atoms with van der Waals surface area (Å²) in [6.07, 6.45) is 0. The van der Waals surface area contributed by atoms with Crippen molar-refractivity contribution < 1.29 is 4.79 Å². The molecule has 0 saturated heterocycles. The Morgan fingerprint density at radius 3 is 2.63 bits per heavy atom. The second kappa shape index (κ2) is 8.15. The van der Waals surface area contributed by atoms with E-state index in [0.717, 1.165) is 5.56 Å². The number of fused-ring (bicyclic) bond motifs is 1. The van der Waals surface area contributed by atoms with Crippen molar-refractivity contribution in [2.75, 3.05) is 6.54 Å². The van der Waals surface area contributed by atoms with Crippen LogP contribution in [0.2, 0.25) is 5.02 Å². The van der Waals surface area contributed by atoms with Crippen molar-refractivity contribution in [2.45, 2.75) is 31.2 Å². The van der Waals surface area contributed by atoms with Gasteiger partial charge in [0.05, 0.1) is 21.8 Å². The van der Waals surface area contributed by atoms with E-state index in [1.54, 1.807) is 29.7 Å². The number of aryl methyl sites for hydroxylation is 1. The first-order valence-corrected chi connectivity index (χ1v) is 9.90. The molecule has 2 aromatic carbocycles. The molecule has 0 bridgehead atoms. The molecule has 0 aliphatic rings. The van der Waals surface area contributed by atoms with E-state index >= 15 is 0 Å². The molecule has 27 heavy (non-hydrogen) atoms. The zero-order valence-corrected chi connectivity index (χ0v) is 16.9. The molecule has 0 saturated carbocycles. The van der Waals surface area contributed by atoms with Crippen LogP contribution in [0.25, 0.3) is 16.6 Å². The van der Waals surface area contributed by atoms with Crippen molar-refractivity contribution in [3.8, 4) is 5.69 Å². The third-order valence-electron chi connectivity index (χ3n) is 4.10. The number of rotatable bonds is 5. The summed E-state index contributed by atoms with van der Waals surface area (Å²) in [5.41, 5.74) is 2.13. The zero-order valence-electron chi connectivity index (χ0n) is 15.3. The summed E-state index contributed by atoms with van der Waals surface area (Å²) in [5, 5.41) is 3.85. The SMILES string of the molecule is CCNC(=O)[C@H](C)Sc1nc2cc(Cl)ccc2c(=O)n1-c1ccc(C)cc1. The first kappa shape index (κ1) is 19.5. The molecule has 0 fully saturated rings. The highest BCUT2D eigenvalue weighted by Crippen LogP contribution is 2.26. The van der Waals surface area contributed by atoms with E-state index in [2.05, 4.69) is 10.3 Å². The van der Waals surface area contributed by atoms with Gasteiger partial charge in [0, 0.05) is 11.6 Å². The fraction of sp³-hybridized carbons (Fsp3) is 0.250. The van der Waals surface area contributed by atoms with Gasteiger partial charge in [-0.15, -0.1) is 0 Å². The fourth-order valence-electron chi connectivity index (χ4n) is 2.67. The number of thioether (sulfide) groups is 1. The Bertz CT molecular complexity index is 1050. The van der Waals surface area contributed by atoms with Crippen molar-refractivity contribution in [1.29, 1.82) is 0 Å². The molecule has 3 aromatic rings. The molecule has 0 unspecified atom stereocenters. The molecule has 140 valence electrons. The molecule has 7 heteroatoms. The molecule has 0 spiro atoms. The maximum Gasteiger partial charge on any atom is 0.266 e. The lowest BCUT2D eigenvalue weighted by Crippen LogP contribution is -2.31. The van der Waals surface area contributed by atoms with Crippen molar-refractivity contribution in [3.63, 3.8) is 0 Å². The van der Waals surface area contributed by atoms with E-state index in [1.165, 1.54) is 11.8 Å². The third kappa shape index (κ3) is 4.17. The molecule has 1 N–H and O–H groups in total. The van der Waals surface area contributed by atoms with Crippen LogP contribution in [0.1, 0.15) is 19.4 Å². The zero-order chi connectivity index (χ0) is 19.6. The molecule has 1 heterocycles. The van der Waals surface area contributed by atoms with Crippen LogP contribution in [0.5, 0.6) is 0 Å². The summed E-state index contributed by atoms with van der Waals surface area (Å²) >= 11 is 7.32. The molecule has 1 amide bonds. The summed E-state index contributed by atoms with van der Waals surface area (Å²) in [4.78, 5) is 30.0. The van der Waals surface area contributed by atoms with Crippen LogP contribution in [0.3, 0.4) is 0 Å². The first-order chi connectivity index (χ1) is 12.9. The number of aromatic nitrogens is 2. The minimum Gasteiger partial charge on any atom is -0.355 e. The van der Waals surface area contributed by atoms with Gasteiger partial charge in [-0.1, -0.05) is 41.1 Å². The molecule has 5 nitrogen and oxygen atoms in total. The van der Waals surface area contributed by atoms with Gasteiger partial charge >= 0.3 is 0 Å². The highest BCUT2D eigenvalue weighted by Gasteiger charge is 2.20. The molecule has 0 aliphatic heterocycles. The summed E-state index contributed by atoms with van der Waals surface area (Å²) in [6.45, 7) is 6.20. The monoisotopic (exact) mass is 401 g/mol. The van der Waals surface area contributed by atoms with E-state index < -0.39 is 5.25 Å². The van der Waals surface area contributed by atoms with Gasteiger partial charge in [0.25, 0.3) is 5.56 Å². The molecule has 0 radical (unpaired) electrons. The molecular formula is C20H20ClN3O2S. The van der Waals surface area contributed by atoms with Gasteiger partial charge < -0.3 is 5.32 Å². The average Bonchev–Trinajstić information content (AvgIpc) is 2.63. The van der Waals surface area contributed by atoms with Crippen LogP contribution in [0.15, 0.2) is 52.4 Å². The standard InChI is InChI=1S/C20H20ClN3O2S/c1-4-22-18(25)13(3)27-20-23-17-11-14(21)7-10-16(17)19(26)24(20)15-8-5-12(2)6-9-15/h5-11,13H,4H2,1-3H3,(H,22,25)/t13-/m0/s1. The Morgan fingerprint density at radius 1 is 1.26 bits per heavy atom. The predicted molar refractivity (Wildman–Crippen MR) is 111 cm³/mol. The van der Waals surface area contributed by atoms with E-state index in [0.29, 0.717) is 33.3 Å². The number of nitrogens with zero attached hydrogens (tertiary/aromatic N) is 2. The lowest BCUT2D eigenvalue weighted by atomic mass is 10.2. The lowest BCUT2D eigenvalue weighted by Gasteiger charge is -2.16. The van der Waals surface area contributed by atoms with Gasteiger partial charge in [-0.25, -0.2) is 4.98 Å². The van der Waals surface area contributed by atoms with Crippen LogP contribution in [-0.2, 0) is 4.79 Å². The van der Waals surface area contributed by atoms with Gasteiger partial charge in [0.1, 0.15) is 0 Å². The van der Waals surface area contributed by atoms with E-state index in [1.807, 2.05) is 38.1 Å². The minimum absolute atomic E-state index is 0.0987. The maximum absolute atomic E-state index is 13.2. The largest absolute Gasteiger partial charge is 0.355 e. The number of hydrogen-bond acceptors (Lipinski definition) is 4. The highest BCUT2D eigenvalue weighted by molar-refractivity contribution is 8.00. The average molecular weight is 402 g/mol. The topological polar surface area (TPSA) is 64.0 Å². The van der Waals surface area contributed by atoms with E-state index in [9.17, 15) is 9.59 Å². The Morgan fingerprint density at radius 2 is 1.96 bits per heavy atom. The molecule has 3 rings (SSSR count). The summed E-state index contributed by atoms with van der Waals surface area (Å²) in [5.74, 6) is -0.0987. The van der Waals surface area contributed by atoms with Crippen LogP contribution < -0.4 is 10.9 Å². The van der Waals surface area contributed by atoms with Crippen LogP contribution in [0.4, 0.5) is 0 Å². The van der Waals surface area contributed by atoms with Crippen LogP contribution in [-0.4, -0.2) is 27.3 Å². The molecule has 1 atom stereocenters. The van der Waals surface area contributed by atoms with Crippen molar-refractivity contribution in [1.82, 2.24) is 14.9 Å². The first-order valence-electron chi connectivity index (χ1n) is 8.64. The smallest absolute Gasteiger partial charge is 0.266 e. The van der Waals surface area contributed by atoms with Gasteiger partial charge in [-0.05, 0) is 51.1 Å². The lowest BCUT2D eigenvalue weighted by molar-refractivity contribution is -0.120. The van der Waals surface area contributed by atoms with Crippen LogP contribution >= 0.6 is 23.4 Å². The molecular weight excluding hydrogens is 382 g/mol. The van der Waals surface area contributed by atoms with Gasteiger partial charge in [0.15, 0.2) is 5.16 Å². The maximum atomic E-state index is 13.2. The van der Waals surface area contributed by atoms with E-state index in [4.69, 9.17) is 11.6 Å². The molecule has 0 aliphatic carbocycles. The minimum atomic E-state index is -0.398. The number of carbonyl (C=O) groups is 1. The van der Waals surface area contributed by atoms with Crippen LogP contribution in [0, 0.1) is 6.92 Å². The third-order valence-corrected chi connectivity index (χ3v) is 5.38. The second-order valence-corrected chi connectivity index (χ2v) is 7.93. The molecule has 1 aromatic heterocycles. The second-order valence-electron chi connectivity index (χ2n) is 6.19. The highest BCUT2D eigenvalue weighted by atomic mass is 35.5. The van der Waals surface area contributed by atoms with Gasteiger partial charge in [-0.3, -0.25) is 14.2 Å². The Hall–Kier alpha value is -2.31. The van der Waals surface area contributed by atoms with Crippen molar-refractivity contribution in [2.24, 2.45) is 0 Å². The Kier molecular flexibility index (Phi) is 5.87. The Balaban J connectivity index is 2.19. The van der Waals surface area contributed by atoms with Crippen molar-refractivity contribution >= 4 is 40.2 Å². The summed E-state index contributed by atoms with van der Waals surface area (Å²) in [6, 6.07) is 12.7. The number of amides is 1. The number of hydrogen-bond donors (Lipinski definition) is 1. The Labute approximate surface area is 166 Å². The summed E-state index contributed by atoms with van der Waals surface area (Å²) in [7, 11) is 0. The number of carbonyl (C=O) groups excluding carboxylic acids is 1. The number of halogens is 1.